The molecule has 28 heavy (non-hydrogen) atoms. The fourth-order valence-corrected chi connectivity index (χ4v) is 3.64. The van der Waals surface area contributed by atoms with E-state index in [-0.39, 0.29) is 5.56 Å². The second kappa shape index (κ2) is 9.32. The normalized spacial score (nSPS) is 10.6. The Hall–Kier alpha value is -2.93. The summed E-state index contributed by atoms with van der Waals surface area (Å²) in [6.45, 7) is 3.16. The highest BCUT2D eigenvalue weighted by atomic mass is 32.1. The third-order valence-electron chi connectivity index (χ3n) is 4.32. The summed E-state index contributed by atoms with van der Waals surface area (Å²) in [5, 5.41) is 14.8. The van der Waals surface area contributed by atoms with Gasteiger partial charge in [0.2, 0.25) is 0 Å². The quantitative estimate of drug-likeness (QED) is 0.484. The Morgan fingerprint density at radius 1 is 1.21 bits per heavy atom. The van der Waals surface area contributed by atoms with Crippen LogP contribution in [0.5, 0.6) is 5.75 Å². The molecule has 1 aromatic carbocycles. The van der Waals surface area contributed by atoms with E-state index >= 15 is 0 Å². The van der Waals surface area contributed by atoms with E-state index in [2.05, 4.69) is 28.7 Å². The van der Waals surface area contributed by atoms with Gasteiger partial charge in [-0.05, 0) is 24.6 Å². The van der Waals surface area contributed by atoms with Crippen molar-refractivity contribution in [2.24, 2.45) is 0 Å². The zero-order valence-electron chi connectivity index (χ0n) is 15.9. The molecule has 2 N–H and O–H groups in total. The lowest BCUT2D eigenvalue weighted by atomic mass is 10.1. The molecule has 0 amide bonds. The van der Waals surface area contributed by atoms with E-state index in [9.17, 15) is 9.90 Å². The molecule has 6 nitrogen and oxygen atoms in total. The lowest BCUT2D eigenvalue weighted by Crippen LogP contribution is -2.00. The van der Waals surface area contributed by atoms with Gasteiger partial charge in [0.1, 0.15) is 11.3 Å². The molecule has 0 spiro atoms. The standard InChI is InChI=1S/C21H23N3O3S/c1-3-4-5-8-23-15-10-20(28-13-15)18-12-22-11-17(24-18)14-6-7-16(21(25)26)19(9-14)27-2/h6-7,9-13,23H,3-5,8H2,1-2H3,(H,25,26). The molecule has 3 aromatic rings. The SMILES string of the molecule is CCCCCNc1csc(-c2cncc(-c3ccc(C(=O)O)c(OC)c3)n2)c1. The smallest absolute Gasteiger partial charge is 0.339 e. The summed E-state index contributed by atoms with van der Waals surface area (Å²) in [5.41, 5.74) is 3.41. The fraction of sp³-hybridized carbons (Fsp3) is 0.286. The monoisotopic (exact) mass is 397 g/mol. The van der Waals surface area contributed by atoms with Crippen molar-refractivity contribution in [1.29, 1.82) is 0 Å². The highest BCUT2D eigenvalue weighted by molar-refractivity contribution is 7.14. The summed E-state index contributed by atoms with van der Waals surface area (Å²) >= 11 is 1.62. The van der Waals surface area contributed by atoms with Crippen LogP contribution in [0.1, 0.15) is 36.5 Å². The molecule has 0 atom stereocenters. The number of carbonyl (C=O) groups is 1. The van der Waals surface area contributed by atoms with Crippen LogP contribution >= 0.6 is 11.3 Å². The topological polar surface area (TPSA) is 84.3 Å². The number of ether oxygens (including phenoxy) is 1. The molecule has 0 fully saturated rings. The van der Waals surface area contributed by atoms with Crippen molar-refractivity contribution in [2.75, 3.05) is 19.0 Å². The number of anilines is 1. The van der Waals surface area contributed by atoms with Gasteiger partial charge in [-0.1, -0.05) is 25.8 Å². The van der Waals surface area contributed by atoms with Crippen molar-refractivity contribution in [3.8, 4) is 27.6 Å². The number of hydrogen-bond donors (Lipinski definition) is 2. The number of benzene rings is 1. The van der Waals surface area contributed by atoms with E-state index in [1.54, 1.807) is 35.9 Å². The summed E-state index contributed by atoms with van der Waals surface area (Å²) in [7, 11) is 1.45. The van der Waals surface area contributed by atoms with E-state index in [1.165, 1.54) is 26.0 Å². The molecule has 0 aliphatic heterocycles. The molecule has 2 aromatic heterocycles. The average molecular weight is 398 g/mol. The zero-order valence-corrected chi connectivity index (χ0v) is 16.8. The Morgan fingerprint density at radius 3 is 2.79 bits per heavy atom. The fourth-order valence-electron chi connectivity index (χ4n) is 2.82. The van der Waals surface area contributed by atoms with Crippen molar-refractivity contribution < 1.29 is 14.6 Å². The summed E-state index contributed by atoms with van der Waals surface area (Å²) in [6.07, 6.45) is 6.99. The molecule has 0 unspecified atom stereocenters. The minimum Gasteiger partial charge on any atom is -0.496 e. The van der Waals surface area contributed by atoms with Crippen molar-refractivity contribution in [3.05, 3.63) is 47.6 Å². The Labute approximate surface area is 168 Å². The Morgan fingerprint density at radius 2 is 2.04 bits per heavy atom. The van der Waals surface area contributed by atoms with E-state index < -0.39 is 5.97 Å². The van der Waals surface area contributed by atoms with E-state index in [0.29, 0.717) is 11.4 Å². The minimum absolute atomic E-state index is 0.118. The molecule has 0 radical (unpaired) electrons. The first-order valence-electron chi connectivity index (χ1n) is 9.19. The van der Waals surface area contributed by atoms with Gasteiger partial charge in [-0.25, -0.2) is 9.78 Å². The second-order valence-electron chi connectivity index (χ2n) is 6.34. The third-order valence-corrected chi connectivity index (χ3v) is 5.28. The van der Waals surface area contributed by atoms with Gasteiger partial charge in [-0.3, -0.25) is 4.98 Å². The molecule has 0 aliphatic carbocycles. The van der Waals surface area contributed by atoms with Gasteiger partial charge in [0, 0.05) is 23.2 Å². The van der Waals surface area contributed by atoms with Gasteiger partial charge in [-0.15, -0.1) is 11.3 Å². The van der Waals surface area contributed by atoms with Gasteiger partial charge in [0.15, 0.2) is 0 Å². The van der Waals surface area contributed by atoms with Gasteiger partial charge in [0.25, 0.3) is 0 Å². The summed E-state index contributed by atoms with van der Waals surface area (Å²) in [6, 6.07) is 6.99. The largest absolute Gasteiger partial charge is 0.496 e. The number of unbranched alkanes of at least 4 members (excludes halogenated alkanes) is 2. The van der Waals surface area contributed by atoms with Gasteiger partial charge in [-0.2, -0.15) is 0 Å². The Kier molecular flexibility index (Phi) is 6.60. The molecule has 146 valence electrons. The first-order valence-corrected chi connectivity index (χ1v) is 10.1. The Bertz CT molecular complexity index is 956. The van der Waals surface area contributed by atoms with Crippen LogP contribution in [0.25, 0.3) is 21.8 Å². The van der Waals surface area contributed by atoms with E-state index in [1.807, 2.05) is 0 Å². The maximum atomic E-state index is 11.3. The van der Waals surface area contributed by atoms with Gasteiger partial charge in [0.05, 0.1) is 35.8 Å². The molecular weight excluding hydrogens is 374 g/mol. The van der Waals surface area contributed by atoms with Gasteiger partial charge < -0.3 is 15.2 Å². The molecule has 3 rings (SSSR count). The number of methoxy groups -OCH3 is 1. The first kappa shape index (κ1) is 19.8. The van der Waals surface area contributed by atoms with Crippen LogP contribution in [-0.4, -0.2) is 34.7 Å². The predicted octanol–water partition coefficient (Wildman–Crippen LogP) is 5.18. The highest BCUT2D eigenvalue weighted by Crippen LogP contribution is 2.31. The molecule has 0 saturated carbocycles. The molecule has 2 heterocycles. The number of carboxylic acid groups (broad SMARTS) is 1. The summed E-state index contributed by atoms with van der Waals surface area (Å²) in [5.74, 6) is -0.729. The van der Waals surface area contributed by atoms with Crippen molar-refractivity contribution >= 4 is 23.0 Å². The maximum Gasteiger partial charge on any atom is 0.339 e. The molecule has 0 aliphatic rings. The lowest BCUT2D eigenvalue weighted by Gasteiger charge is -2.08. The number of nitrogens with zero attached hydrogens (tertiary/aromatic N) is 2. The number of nitrogens with one attached hydrogen (secondary N) is 1. The van der Waals surface area contributed by atoms with Crippen LogP contribution in [0.4, 0.5) is 5.69 Å². The van der Waals surface area contributed by atoms with Crippen molar-refractivity contribution in [2.45, 2.75) is 26.2 Å². The molecular formula is C21H23N3O3S. The maximum absolute atomic E-state index is 11.3. The van der Waals surface area contributed by atoms with Crippen LogP contribution in [0, 0.1) is 0 Å². The van der Waals surface area contributed by atoms with Gasteiger partial charge >= 0.3 is 5.97 Å². The number of carboxylic acids is 1. The number of aromatic nitrogens is 2. The number of aromatic carboxylic acids is 1. The van der Waals surface area contributed by atoms with Crippen LogP contribution in [0.3, 0.4) is 0 Å². The molecule has 7 heteroatoms. The second-order valence-corrected chi connectivity index (χ2v) is 7.25. The number of rotatable bonds is 9. The number of thiophene rings is 1. The van der Waals surface area contributed by atoms with Crippen molar-refractivity contribution in [3.63, 3.8) is 0 Å². The predicted molar refractivity (Wildman–Crippen MR) is 112 cm³/mol. The number of hydrogen-bond acceptors (Lipinski definition) is 6. The zero-order chi connectivity index (χ0) is 19.9. The highest BCUT2D eigenvalue weighted by Gasteiger charge is 2.13. The van der Waals surface area contributed by atoms with Crippen LogP contribution < -0.4 is 10.1 Å². The minimum atomic E-state index is -1.03. The van der Waals surface area contributed by atoms with E-state index in [4.69, 9.17) is 9.72 Å². The average Bonchev–Trinajstić information content (AvgIpc) is 3.20. The first-order chi connectivity index (χ1) is 13.6. The lowest BCUT2D eigenvalue weighted by molar-refractivity contribution is 0.0693. The van der Waals surface area contributed by atoms with Crippen LogP contribution in [-0.2, 0) is 0 Å². The molecule has 0 saturated heterocycles. The van der Waals surface area contributed by atoms with Crippen LogP contribution in [0.15, 0.2) is 42.0 Å². The summed E-state index contributed by atoms with van der Waals surface area (Å²) in [4.78, 5) is 21.3. The Balaban J connectivity index is 1.81. The summed E-state index contributed by atoms with van der Waals surface area (Å²) < 4.78 is 5.21. The van der Waals surface area contributed by atoms with Crippen molar-refractivity contribution in [1.82, 2.24) is 9.97 Å². The van der Waals surface area contributed by atoms with Crippen LogP contribution in [0.2, 0.25) is 0 Å². The molecule has 0 bridgehead atoms. The third kappa shape index (κ3) is 4.67. The van der Waals surface area contributed by atoms with E-state index in [0.717, 1.165) is 34.8 Å².